The lowest BCUT2D eigenvalue weighted by Gasteiger charge is -2.24. The molecular weight excluding hydrogens is 1240 g/mol. The highest BCUT2D eigenvalue weighted by Gasteiger charge is 2.22. The Morgan fingerprint density at radius 3 is 0.770 bits per heavy atom. The van der Waals surface area contributed by atoms with Crippen molar-refractivity contribution in [2.24, 2.45) is 23.7 Å². The van der Waals surface area contributed by atoms with Crippen molar-refractivity contribution in [3.8, 4) is 0 Å². The number of carbonyl (C=O) groups excluding carboxylic acids is 4. The molecule has 0 N–H and O–H groups in total. The zero-order valence-corrected chi connectivity index (χ0v) is 68.5. The molecular formula is C89H174N2O9. The van der Waals surface area contributed by atoms with Crippen molar-refractivity contribution in [2.45, 2.75) is 447 Å². The van der Waals surface area contributed by atoms with Crippen LogP contribution in [-0.4, -0.2) is 113 Å². The molecule has 2 unspecified atom stereocenters. The molecule has 0 amide bonds. The summed E-state index contributed by atoms with van der Waals surface area (Å²) < 4.78 is 30.1. The summed E-state index contributed by atoms with van der Waals surface area (Å²) in [6, 6.07) is 0. The smallest absolute Gasteiger partial charge is 0.308 e. The van der Waals surface area contributed by atoms with Gasteiger partial charge in [-0.05, 0) is 160 Å². The van der Waals surface area contributed by atoms with E-state index < -0.39 is 0 Å². The Labute approximate surface area is 623 Å². The van der Waals surface area contributed by atoms with E-state index >= 15 is 0 Å². The number of nitrogens with zero attached hydrogens (tertiary/aromatic N) is 2. The molecule has 0 bridgehead atoms. The van der Waals surface area contributed by atoms with Gasteiger partial charge in [0.25, 0.3) is 0 Å². The largest absolute Gasteiger partial charge is 0.466 e. The van der Waals surface area contributed by atoms with Gasteiger partial charge in [-0.25, -0.2) is 0 Å². The third kappa shape index (κ3) is 67.6. The summed E-state index contributed by atoms with van der Waals surface area (Å²) in [4.78, 5) is 58.0. The predicted octanol–water partition coefficient (Wildman–Crippen LogP) is 26.2. The maximum Gasteiger partial charge on any atom is 0.308 e. The molecule has 594 valence electrons. The zero-order valence-electron chi connectivity index (χ0n) is 68.5. The summed E-state index contributed by atoms with van der Waals surface area (Å²) >= 11 is 0. The monoisotopic (exact) mass is 1420 g/mol. The molecule has 0 radical (unpaired) electrons. The van der Waals surface area contributed by atoms with Gasteiger partial charge in [0.15, 0.2) is 0 Å². The second-order valence-electron chi connectivity index (χ2n) is 31.1. The Bertz CT molecular complexity index is 1560. The summed E-state index contributed by atoms with van der Waals surface area (Å²) in [5.41, 5.74) is 0. The molecule has 0 fully saturated rings. The minimum absolute atomic E-state index is 0.0162. The second-order valence-corrected chi connectivity index (χ2v) is 31.1. The summed E-state index contributed by atoms with van der Waals surface area (Å²) in [6.45, 7) is 27.5. The Morgan fingerprint density at radius 1 is 0.220 bits per heavy atom. The molecule has 2 atom stereocenters. The molecule has 0 aromatic heterocycles. The van der Waals surface area contributed by atoms with Crippen LogP contribution in [0.4, 0.5) is 0 Å². The van der Waals surface area contributed by atoms with Gasteiger partial charge >= 0.3 is 23.9 Å². The third-order valence-corrected chi connectivity index (χ3v) is 21.5. The highest BCUT2D eigenvalue weighted by molar-refractivity contribution is 5.73. The maximum atomic E-state index is 13.4. The van der Waals surface area contributed by atoms with Crippen LogP contribution in [0, 0.1) is 23.7 Å². The van der Waals surface area contributed by atoms with E-state index in [1.54, 1.807) is 0 Å². The second kappa shape index (κ2) is 79.3. The molecule has 0 aromatic rings. The predicted molar refractivity (Wildman–Crippen MR) is 429 cm³/mol. The van der Waals surface area contributed by atoms with E-state index in [4.69, 9.17) is 23.7 Å². The van der Waals surface area contributed by atoms with Crippen LogP contribution in [0.15, 0.2) is 0 Å². The van der Waals surface area contributed by atoms with Crippen LogP contribution in [0.5, 0.6) is 0 Å². The quantitative estimate of drug-likeness (QED) is 0.0329. The van der Waals surface area contributed by atoms with Crippen molar-refractivity contribution in [3.05, 3.63) is 0 Å². The number of rotatable bonds is 83. The van der Waals surface area contributed by atoms with Crippen molar-refractivity contribution in [1.82, 2.24) is 9.80 Å². The summed E-state index contributed by atoms with van der Waals surface area (Å²) in [5, 5.41) is 0. The SMILES string of the molecule is CCCCCCCCC(CCCCCC)C(=O)OCCCCCN(CCCCCOC(=O)CCC(CCCCCC)CCCCCC)CCCOCCN(CCCCCOC(=O)CCC(CCCCCC)CCCCCC)CCCCCOC(=O)C(CCCCCC)CCCCCCCC. The first-order valence-electron chi connectivity index (χ1n) is 44.8. The van der Waals surface area contributed by atoms with Crippen LogP contribution in [0.2, 0.25) is 0 Å². The maximum absolute atomic E-state index is 13.4. The first kappa shape index (κ1) is 97.8. The Balaban J connectivity index is 5.72. The van der Waals surface area contributed by atoms with Crippen LogP contribution in [0.25, 0.3) is 0 Å². The highest BCUT2D eigenvalue weighted by atomic mass is 16.5. The highest BCUT2D eigenvalue weighted by Crippen LogP contribution is 2.27. The average molecular weight is 1420 g/mol. The average Bonchev–Trinajstić information content (AvgIpc) is 1.19. The minimum Gasteiger partial charge on any atom is -0.466 e. The first-order chi connectivity index (χ1) is 49.1. The Morgan fingerprint density at radius 2 is 0.460 bits per heavy atom. The van der Waals surface area contributed by atoms with Gasteiger partial charge in [0, 0.05) is 32.5 Å². The summed E-state index contributed by atoms with van der Waals surface area (Å²) in [5.74, 6) is 1.41. The third-order valence-electron chi connectivity index (χ3n) is 21.5. The van der Waals surface area contributed by atoms with Crippen LogP contribution in [-0.2, 0) is 42.9 Å². The minimum atomic E-state index is -0.0189. The van der Waals surface area contributed by atoms with Gasteiger partial charge in [-0.1, -0.05) is 312 Å². The fraction of sp³-hybridized carbons (Fsp3) is 0.955. The van der Waals surface area contributed by atoms with Gasteiger partial charge in [-0.2, -0.15) is 0 Å². The van der Waals surface area contributed by atoms with Crippen molar-refractivity contribution in [1.29, 1.82) is 0 Å². The fourth-order valence-electron chi connectivity index (χ4n) is 14.6. The van der Waals surface area contributed by atoms with E-state index in [1.165, 1.54) is 231 Å². The topological polar surface area (TPSA) is 121 Å². The number of esters is 4. The van der Waals surface area contributed by atoms with Crippen molar-refractivity contribution >= 4 is 23.9 Å². The molecule has 0 saturated heterocycles. The lowest BCUT2D eigenvalue weighted by Crippen LogP contribution is -2.31. The molecule has 11 heteroatoms. The molecule has 0 heterocycles. The molecule has 0 saturated carbocycles. The molecule has 0 spiro atoms. The van der Waals surface area contributed by atoms with E-state index in [0.29, 0.717) is 57.7 Å². The van der Waals surface area contributed by atoms with E-state index in [-0.39, 0.29) is 35.7 Å². The van der Waals surface area contributed by atoms with Crippen LogP contribution >= 0.6 is 0 Å². The Kier molecular flexibility index (Phi) is 77.6. The molecule has 100 heavy (non-hydrogen) atoms. The molecule has 11 nitrogen and oxygen atoms in total. The van der Waals surface area contributed by atoms with E-state index in [2.05, 4.69) is 65.2 Å². The lowest BCUT2D eigenvalue weighted by molar-refractivity contribution is -0.150. The fourth-order valence-corrected chi connectivity index (χ4v) is 14.6. The van der Waals surface area contributed by atoms with Gasteiger partial charge in [0.05, 0.1) is 44.9 Å². The number of carbonyl (C=O) groups is 4. The van der Waals surface area contributed by atoms with Crippen LogP contribution in [0.3, 0.4) is 0 Å². The summed E-state index contributed by atoms with van der Waals surface area (Å²) in [6.07, 6.45) is 70.0. The molecule has 0 aliphatic carbocycles. The first-order valence-corrected chi connectivity index (χ1v) is 44.8. The van der Waals surface area contributed by atoms with Gasteiger partial charge in [-0.3, -0.25) is 19.2 Å². The van der Waals surface area contributed by atoms with E-state index in [1.807, 2.05) is 0 Å². The number of unbranched alkanes of at least 4 members (excludes halogenated alkanes) is 36. The molecule has 0 aliphatic rings. The number of hydrogen-bond acceptors (Lipinski definition) is 11. The standard InChI is InChI=1S/C89H174N2O9/c1-9-17-25-33-35-47-64-84(62-45-31-23-15-7)88(94)99-79-55-39-50-71-90(70-49-37-53-77-97-86(92)68-66-82(58-41-27-19-11-3)59-42-28-20-12-4)74-57-76-96-81-75-91(72-51-38-54-78-98-87(93)69-67-83(60-43-29-21-13-5)61-44-30-22-14-6)73-52-40-56-80-100-89(95)85(63-46-32-24-16-8)65-48-36-34-26-18-10-2/h82-85H,9-81H2,1-8H3. The molecule has 0 aromatic carbocycles. The van der Waals surface area contributed by atoms with Crippen molar-refractivity contribution < 1.29 is 42.9 Å². The summed E-state index contributed by atoms with van der Waals surface area (Å²) in [7, 11) is 0. The zero-order chi connectivity index (χ0) is 72.9. The number of ether oxygens (including phenoxy) is 5. The van der Waals surface area contributed by atoms with Gasteiger partial charge in [-0.15, -0.1) is 0 Å². The van der Waals surface area contributed by atoms with Gasteiger partial charge in [0.1, 0.15) is 0 Å². The molecule has 0 aliphatic heterocycles. The number of hydrogen-bond donors (Lipinski definition) is 0. The lowest BCUT2D eigenvalue weighted by atomic mass is 9.90. The van der Waals surface area contributed by atoms with Gasteiger partial charge < -0.3 is 33.5 Å². The van der Waals surface area contributed by atoms with Crippen LogP contribution in [0.1, 0.15) is 447 Å². The van der Waals surface area contributed by atoms with Crippen molar-refractivity contribution in [3.63, 3.8) is 0 Å². The normalized spacial score (nSPS) is 12.4. The van der Waals surface area contributed by atoms with Crippen molar-refractivity contribution in [2.75, 3.05) is 78.9 Å². The Hall–Kier alpha value is -2.24. The van der Waals surface area contributed by atoms with E-state index in [9.17, 15) is 19.2 Å². The van der Waals surface area contributed by atoms with E-state index in [0.717, 1.165) is 194 Å². The van der Waals surface area contributed by atoms with Gasteiger partial charge in [0.2, 0.25) is 0 Å². The molecule has 0 rings (SSSR count). The van der Waals surface area contributed by atoms with Crippen LogP contribution < -0.4 is 0 Å².